The van der Waals surface area contributed by atoms with Crippen molar-refractivity contribution in [2.24, 2.45) is 0 Å². The minimum absolute atomic E-state index is 0.427. The van der Waals surface area contributed by atoms with Crippen LogP contribution in [0.3, 0.4) is 0 Å². The second-order valence-electron chi connectivity index (χ2n) is 3.17. The van der Waals surface area contributed by atoms with Crippen LogP contribution in [-0.4, -0.2) is 6.29 Å². The zero-order valence-corrected chi connectivity index (χ0v) is 9.52. The molecule has 0 atom stereocenters. The van der Waals surface area contributed by atoms with Crippen molar-refractivity contribution in [1.29, 1.82) is 0 Å². The molecule has 0 saturated carbocycles. The lowest BCUT2D eigenvalue weighted by atomic mass is 10.1. The van der Waals surface area contributed by atoms with E-state index in [0.717, 1.165) is 11.7 Å². The Morgan fingerprint density at radius 2 is 2.00 bits per heavy atom. The average molecular weight is 243 g/mol. The van der Waals surface area contributed by atoms with Gasteiger partial charge in [-0.05, 0) is 6.07 Å². The first-order valence-corrected chi connectivity index (χ1v) is 5.28. The van der Waals surface area contributed by atoms with Crippen LogP contribution in [0.15, 0.2) is 16.5 Å². The van der Waals surface area contributed by atoms with Crippen molar-refractivity contribution in [3.8, 4) is 0 Å². The van der Waals surface area contributed by atoms with Crippen LogP contribution in [0.2, 0.25) is 10.0 Å². The summed E-state index contributed by atoms with van der Waals surface area (Å²) in [6.45, 7) is 1.92. The molecule has 0 aliphatic carbocycles. The zero-order chi connectivity index (χ0) is 11.0. The van der Waals surface area contributed by atoms with Crippen molar-refractivity contribution in [1.82, 2.24) is 0 Å². The summed E-state index contributed by atoms with van der Waals surface area (Å²) in [6.07, 6.45) is 1.45. The summed E-state index contributed by atoms with van der Waals surface area (Å²) in [6, 6.07) is 3.29. The molecule has 1 heterocycles. The van der Waals surface area contributed by atoms with Gasteiger partial charge in [-0.3, -0.25) is 4.79 Å². The smallest absolute Gasteiger partial charge is 0.154 e. The number of hydrogen-bond acceptors (Lipinski definition) is 2. The van der Waals surface area contributed by atoms with Gasteiger partial charge in [-0.2, -0.15) is 0 Å². The van der Waals surface area contributed by atoms with E-state index in [1.165, 1.54) is 0 Å². The Morgan fingerprint density at radius 3 is 2.60 bits per heavy atom. The van der Waals surface area contributed by atoms with Crippen molar-refractivity contribution in [3.05, 3.63) is 33.5 Å². The van der Waals surface area contributed by atoms with Crippen molar-refractivity contribution in [2.75, 3.05) is 0 Å². The molecule has 0 spiro atoms. The topological polar surface area (TPSA) is 30.2 Å². The predicted molar refractivity (Wildman–Crippen MR) is 61.0 cm³/mol. The van der Waals surface area contributed by atoms with Gasteiger partial charge in [-0.15, -0.1) is 0 Å². The van der Waals surface area contributed by atoms with Crippen LogP contribution in [0.25, 0.3) is 11.0 Å². The quantitative estimate of drug-likeness (QED) is 0.742. The van der Waals surface area contributed by atoms with E-state index in [2.05, 4.69) is 0 Å². The van der Waals surface area contributed by atoms with E-state index in [9.17, 15) is 4.79 Å². The van der Waals surface area contributed by atoms with Gasteiger partial charge in [0.15, 0.2) is 6.29 Å². The monoisotopic (exact) mass is 242 g/mol. The lowest BCUT2D eigenvalue weighted by molar-refractivity contribution is 0.112. The lowest BCUT2D eigenvalue weighted by Crippen LogP contribution is -1.83. The Morgan fingerprint density at radius 1 is 1.33 bits per heavy atom. The number of aryl methyl sites for hydroxylation is 1. The number of carbonyl (C=O) groups is 1. The highest BCUT2D eigenvalue weighted by Gasteiger charge is 2.13. The van der Waals surface area contributed by atoms with Crippen molar-refractivity contribution < 1.29 is 9.21 Å². The van der Waals surface area contributed by atoms with Crippen LogP contribution < -0.4 is 0 Å². The molecule has 0 saturated heterocycles. The van der Waals surface area contributed by atoms with Crippen LogP contribution in [-0.2, 0) is 6.42 Å². The number of benzene rings is 1. The van der Waals surface area contributed by atoms with Crippen LogP contribution >= 0.6 is 23.2 Å². The molecule has 78 valence electrons. The molecule has 0 bridgehead atoms. The van der Waals surface area contributed by atoms with Crippen LogP contribution in [0.1, 0.15) is 23.0 Å². The second-order valence-corrected chi connectivity index (χ2v) is 3.99. The maximum atomic E-state index is 10.9. The maximum absolute atomic E-state index is 10.9. The summed E-state index contributed by atoms with van der Waals surface area (Å²) >= 11 is 11.7. The largest absolute Gasteiger partial charge is 0.460 e. The summed E-state index contributed by atoms with van der Waals surface area (Å²) in [5.74, 6) is 0.665. The lowest BCUT2D eigenvalue weighted by Gasteiger charge is -1.94. The molecule has 0 unspecified atom stereocenters. The predicted octanol–water partition coefficient (Wildman–Crippen LogP) is 4.11. The van der Waals surface area contributed by atoms with Gasteiger partial charge in [0.05, 0.1) is 15.6 Å². The third-order valence-electron chi connectivity index (χ3n) is 2.29. The molecule has 2 nitrogen and oxygen atoms in total. The van der Waals surface area contributed by atoms with Gasteiger partial charge in [-0.25, -0.2) is 0 Å². The number of furan rings is 1. The van der Waals surface area contributed by atoms with Gasteiger partial charge in [0.25, 0.3) is 0 Å². The fraction of sp³-hybridized carbons (Fsp3) is 0.182. The third kappa shape index (κ3) is 1.64. The summed E-state index contributed by atoms with van der Waals surface area (Å²) in [4.78, 5) is 10.9. The molecule has 15 heavy (non-hydrogen) atoms. The van der Waals surface area contributed by atoms with E-state index >= 15 is 0 Å². The summed E-state index contributed by atoms with van der Waals surface area (Å²) in [7, 11) is 0. The first kappa shape index (κ1) is 10.5. The van der Waals surface area contributed by atoms with Gasteiger partial charge in [0, 0.05) is 17.9 Å². The van der Waals surface area contributed by atoms with Crippen molar-refractivity contribution in [3.63, 3.8) is 0 Å². The van der Waals surface area contributed by atoms with Crippen LogP contribution in [0, 0.1) is 0 Å². The standard InChI is InChI=1S/C11H8Cl2O2/c1-2-10-7(5-14)6-3-8(12)9(13)4-11(6)15-10/h3-5H,2H2,1H3. The number of carbonyl (C=O) groups excluding carboxylic acids is 1. The molecule has 1 aromatic carbocycles. The average Bonchev–Trinajstić information content (AvgIpc) is 2.56. The summed E-state index contributed by atoms with van der Waals surface area (Å²) < 4.78 is 5.50. The van der Waals surface area contributed by atoms with Gasteiger partial charge >= 0.3 is 0 Å². The number of fused-ring (bicyclic) bond motifs is 1. The Hall–Kier alpha value is -0.990. The van der Waals surface area contributed by atoms with Gasteiger partial charge in [-0.1, -0.05) is 30.1 Å². The highest BCUT2D eigenvalue weighted by molar-refractivity contribution is 6.42. The Labute approximate surface area is 96.8 Å². The minimum atomic E-state index is 0.427. The summed E-state index contributed by atoms with van der Waals surface area (Å²) in [5.41, 5.74) is 1.16. The van der Waals surface area contributed by atoms with E-state index < -0.39 is 0 Å². The molecule has 2 rings (SSSR count). The second kappa shape index (κ2) is 3.87. The van der Waals surface area contributed by atoms with Crippen LogP contribution in [0.4, 0.5) is 0 Å². The third-order valence-corrected chi connectivity index (χ3v) is 3.01. The molecule has 0 radical (unpaired) electrons. The normalized spacial score (nSPS) is 10.9. The van der Waals surface area contributed by atoms with Gasteiger partial charge < -0.3 is 4.42 Å². The summed E-state index contributed by atoms with van der Waals surface area (Å²) in [5, 5.41) is 1.57. The van der Waals surface area contributed by atoms with E-state index in [1.54, 1.807) is 12.1 Å². The molecule has 0 amide bonds. The molecule has 0 aliphatic rings. The molecular formula is C11H8Cl2O2. The Kier molecular flexibility index (Phi) is 2.72. The molecular weight excluding hydrogens is 235 g/mol. The molecule has 4 heteroatoms. The fourth-order valence-corrected chi connectivity index (χ4v) is 1.87. The van der Waals surface area contributed by atoms with E-state index in [1.807, 2.05) is 6.92 Å². The van der Waals surface area contributed by atoms with E-state index in [-0.39, 0.29) is 0 Å². The van der Waals surface area contributed by atoms with Crippen molar-refractivity contribution >= 4 is 40.5 Å². The minimum Gasteiger partial charge on any atom is -0.460 e. The number of aldehydes is 1. The number of halogens is 2. The molecule has 2 aromatic rings. The highest BCUT2D eigenvalue weighted by atomic mass is 35.5. The Bertz CT molecular complexity index is 529. The highest BCUT2D eigenvalue weighted by Crippen LogP contribution is 2.32. The fourth-order valence-electron chi connectivity index (χ4n) is 1.55. The molecule has 0 fully saturated rings. The van der Waals surface area contributed by atoms with E-state index in [4.69, 9.17) is 27.6 Å². The van der Waals surface area contributed by atoms with Gasteiger partial charge in [0.1, 0.15) is 11.3 Å². The molecule has 1 aromatic heterocycles. The first-order chi connectivity index (χ1) is 7.17. The van der Waals surface area contributed by atoms with Crippen LogP contribution in [0.5, 0.6) is 0 Å². The Balaban J connectivity index is 2.83. The SMILES string of the molecule is CCc1oc2cc(Cl)c(Cl)cc2c1C=O. The first-order valence-electron chi connectivity index (χ1n) is 4.53. The van der Waals surface area contributed by atoms with Crippen molar-refractivity contribution in [2.45, 2.75) is 13.3 Å². The number of rotatable bonds is 2. The zero-order valence-electron chi connectivity index (χ0n) is 8.01. The molecule has 0 N–H and O–H groups in total. The van der Waals surface area contributed by atoms with E-state index in [0.29, 0.717) is 33.4 Å². The maximum Gasteiger partial charge on any atom is 0.154 e. The molecule has 0 aliphatic heterocycles. The number of hydrogen-bond donors (Lipinski definition) is 0. The van der Waals surface area contributed by atoms with Gasteiger partial charge in [0.2, 0.25) is 0 Å².